The molecule has 0 aromatic carbocycles. The van der Waals surface area contributed by atoms with E-state index in [1.807, 2.05) is 0 Å². The first-order valence-electron chi connectivity index (χ1n) is 6.78. The highest BCUT2D eigenvalue weighted by Gasteiger charge is 2.32. The van der Waals surface area contributed by atoms with Gasteiger partial charge in [0.1, 0.15) is 6.04 Å². The number of carbonyl (C=O) groups is 2. The van der Waals surface area contributed by atoms with Gasteiger partial charge in [0.15, 0.2) is 0 Å². The first-order chi connectivity index (χ1) is 8.70. The average molecular weight is 256 g/mol. The van der Waals surface area contributed by atoms with Crippen molar-refractivity contribution in [1.29, 1.82) is 0 Å². The van der Waals surface area contributed by atoms with Crippen molar-refractivity contribution in [2.45, 2.75) is 51.0 Å². The minimum atomic E-state index is -0.370. The van der Waals surface area contributed by atoms with Gasteiger partial charge in [-0.3, -0.25) is 4.79 Å². The molecular weight excluding hydrogens is 232 g/mol. The molecule has 0 radical (unpaired) electrons. The van der Waals surface area contributed by atoms with Crippen molar-refractivity contribution in [3.8, 4) is 0 Å². The monoisotopic (exact) mass is 256 g/mol. The molecular formula is C13H24N2O3. The summed E-state index contributed by atoms with van der Waals surface area (Å²) in [4.78, 5) is 25.4. The number of rotatable bonds is 6. The first-order valence-corrected chi connectivity index (χ1v) is 6.78. The van der Waals surface area contributed by atoms with Gasteiger partial charge < -0.3 is 15.4 Å². The van der Waals surface area contributed by atoms with Crippen molar-refractivity contribution in [2.75, 3.05) is 20.2 Å². The minimum absolute atomic E-state index is 0.0714. The van der Waals surface area contributed by atoms with Crippen LogP contribution in [-0.4, -0.2) is 43.0 Å². The van der Waals surface area contributed by atoms with Gasteiger partial charge in [-0.1, -0.05) is 6.42 Å². The lowest BCUT2D eigenvalue weighted by atomic mass is 10.0. The molecule has 5 heteroatoms. The lowest BCUT2D eigenvalue weighted by Crippen LogP contribution is -2.48. The Morgan fingerprint density at radius 3 is 2.72 bits per heavy atom. The van der Waals surface area contributed by atoms with E-state index in [9.17, 15) is 9.59 Å². The zero-order chi connectivity index (χ0) is 13.4. The second kappa shape index (κ2) is 8.08. The number of hydrogen-bond acceptors (Lipinski definition) is 4. The standard InChI is InChI=1S/C13H24N2O3/c1-18-13(17)11-7-4-6-10-15(11)12(16)8-3-2-5-9-14/h11H,2-10,14H2,1H3. The summed E-state index contributed by atoms with van der Waals surface area (Å²) in [5, 5.41) is 0. The Morgan fingerprint density at radius 1 is 1.28 bits per heavy atom. The molecule has 0 saturated carbocycles. The topological polar surface area (TPSA) is 72.6 Å². The van der Waals surface area contributed by atoms with E-state index in [0.717, 1.165) is 38.5 Å². The maximum atomic E-state index is 12.1. The van der Waals surface area contributed by atoms with Crippen molar-refractivity contribution < 1.29 is 14.3 Å². The Balaban J connectivity index is 2.44. The number of esters is 1. The van der Waals surface area contributed by atoms with Gasteiger partial charge in [0, 0.05) is 13.0 Å². The number of nitrogens with zero attached hydrogens (tertiary/aromatic N) is 1. The zero-order valence-electron chi connectivity index (χ0n) is 11.2. The van der Waals surface area contributed by atoms with Gasteiger partial charge in [-0.2, -0.15) is 0 Å². The number of amides is 1. The summed E-state index contributed by atoms with van der Waals surface area (Å²) < 4.78 is 4.76. The molecule has 0 spiro atoms. The average Bonchev–Trinajstić information content (AvgIpc) is 2.42. The maximum Gasteiger partial charge on any atom is 0.328 e. The van der Waals surface area contributed by atoms with Crippen LogP contribution in [0.3, 0.4) is 0 Å². The summed E-state index contributed by atoms with van der Waals surface area (Å²) in [7, 11) is 1.38. The van der Waals surface area contributed by atoms with Crippen LogP contribution in [0, 0.1) is 0 Å². The predicted molar refractivity (Wildman–Crippen MR) is 68.9 cm³/mol. The fourth-order valence-corrected chi connectivity index (χ4v) is 2.35. The second-order valence-electron chi connectivity index (χ2n) is 4.72. The third kappa shape index (κ3) is 4.29. The Bertz CT molecular complexity index is 281. The van der Waals surface area contributed by atoms with Crippen LogP contribution in [0.15, 0.2) is 0 Å². The van der Waals surface area contributed by atoms with Crippen molar-refractivity contribution in [2.24, 2.45) is 5.73 Å². The molecule has 18 heavy (non-hydrogen) atoms. The van der Waals surface area contributed by atoms with Gasteiger partial charge in [-0.05, 0) is 38.6 Å². The van der Waals surface area contributed by atoms with E-state index in [-0.39, 0.29) is 17.9 Å². The van der Waals surface area contributed by atoms with E-state index in [0.29, 0.717) is 19.5 Å². The maximum absolute atomic E-state index is 12.1. The Kier molecular flexibility index (Phi) is 6.72. The molecule has 2 N–H and O–H groups in total. The van der Waals surface area contributed by atoms with Gasteiger partial charge in [0.25, 0.3) is 0 Å². The van der Waals surface area contributed by atoms with Crippen LogP contribution in [0.5, 0.6) is 0 Å². The number of likely N-dealkylation sites (tertiary alicyclic amines) is 1. The molecule has 5 nitrogen and oxygen atoms in total. The molecule has 1 fully saturated rings. The van der Waals surface area contributed by atoms with Crippen LogP contribution in [0.4, 0.5) is 0 Å². The van der Waals surface area contributed by atoms with E-state index in [2.05, 4.69) is 0 Å². The van der Waals surface area contributed by atoms with E-state index in [4.69, 9.17) is 10.5 Å². The molecule has 1 rings (SSSR count). The molecule has 1 aliphatic heterocycles. The Labute approximate surface area is 109 Å². The molecule has 0 aromatic heterocycles. The van der Waals surface area contributed by atoms with E-state index < -0.39 is 0 Å². The van der Waals surface area contributed by atoms with E-state index in [1.54, 1.807) is 4.90 Å². The van der Waals surface area contributed by atoms with E-state index in [1.165, 1.54) is 7.11 Å². The molecule has 0 aliphatic carbocycles. The molecule has 0 bridgehead atoms. The number of unbranched alkanes of at least 4 members (excludes halogenated alkanes) is 2. The molecule has 1 unspecified atom stereocenters. The fourth-order valence-electron chi connectivity index (χ4n) is 2.35. The summed E-state index contributed by atoms with van der Waals surface area (Å²) in [5.74, 6) is -0.216. The van der Waals surface area contributed by atoms with Gasteiger partial charge in [0.2, 0.25) is 5.91 Å². The fraction of sp³-hybridized carbons (Fsp3) is 0.846. The molecule has 1 aliphatic rings. The summed E-state index contributed by atoms with van der Waals surface area (Å²) in [6.45, 7) is 1.35. The van der Waals surface area contributed by atoms with Crippen molar-refractivity contribution in [1.82, 2.24) is 4.90 Å². The van der Waals surface area contributed by atoms with Crippen LogP contribution in [0.2, 0.25) is 0 Å². The highest BCUT2D eigenvalue weighted by molar-refractivity contribution is 5.84. The Morgan fingerprint density at radius 2 is 2.06 bits per heavy atom. The molecule has 104 valence electrons. The molecule has 1 heterocycles. The quantitative estimate of drug-likeness (QED) is 0.569. The highest BCUT2D eigenvalue weighted by Crippen LogP contribution is 2.19. The summed E-state index contributed by atoms with van der Waals surface area (Å²) in [5.41, 5.74) is 5.41. The van der Waals surface area contributed by atoms with Crippen LogP contribution in [0.1, 0.15) is 44.9 Å². The van der Waals surface area contributed by atoms with Gasteiger partial charge in [-0.25, -0.2) is 4.79 Å². The second-order valence-corrected chi connectivity index (χ2v) is 4.72. The number of methoxy groups -OCH3 is 1. The van der Waals surface area contributed by atoms with Crippen LogP contribution < -0.4 is 5.73 Å². The Hall–Kier alpha value is -1.10. The van der Waals surface area contributed by atoms with Gasteiger partial charge in [0.05, 0.1) is 7.11 Å². The molecule has 0 aromatic rings. The van der Waals surface area contributed by atoms with Crippen LogP contribution in [-0.2, 0) is 14.3 Å². The SMILES string of the molecule is COC(=O)C1CCCCN1C(=O)CCCCCN. The summed E-state index contributed by atoms with van der Waals surface area (Å²) in [6, 6.07) is -0.370. The van der Waals surface area contributed by atoms with Crippen molar-refractivity contribution in [3.63, 3.8) is 0 Å². The third-order valence-electron chi connectivity index (χ3n) is 3.39. The first kappa shape index (κ1) is 15.0. The largest absolute Gasteiger partial charge is 0.467 e. The van der Waals surface area contributed by atoms with Crippen LogP contribution in [0.25, 0.3) is 0 Å². The van der Waals surface area contributed by atoms with E-state index >= 15 is 0 Å². The van der Waals surface area contributed by atoms with Gasteiger partial charge in [-0.15, -0.1) is 0 Å². The number of ether oxygens (including phenoxy) is 1. The highest BCUT2D eigenvalue weighted by atomic mass is 16.5. The van der Waals surface area contributed by atoms with Crippen molar-refractivity contribution in [3.05, 3.63) is 0 Å². The lowest BCUT2D eigenvalue weighted by Gasteiger charge is -2.33. The van der Waals surface area contributed by atoms with Crippen molar-refractivity contribution >= 4 is 11.9 Å². The normalized spacial score (nSPS) is 19.7. The molecule has 1 saturated heterocycles. The number of carbonyl (C=O) groups excluding carboxylic acids is 2. The summed E-state index contributed by atoms with van der Waals surface area (Å²) >= 11 is 0. The molecule has 1 amide bonds. The number of piperidine rings is 1. The van der Waals surface area contributed by atoms with Gasteiger partial charge >= 0.3 is 5.97 Å². The summed E-state index contributed by atoms with van der Waals surface area (Å²) in [6.07, 6.45) is 5.96. The number of hydrogen-bond donors (Lipinski definition) is 1. The third-order valence-corrected chi connectivity index (χ3v) is 3.39. The smallest absolute Gasteiger partial charge is 0.328 e. The lowest BCUT2D eigenvalue weighted by molar-refractivity contribution is -0.154. The number of nitrogens with two attached hydrogens (primary N) is 1. The minimum Gasteiger partial charge on any atom is -0.467 e. The molecule has 1 atom stereocenters. The predicted octanol–water partition coefficient (Wildman–Crippen LogP) is 1.06. The zero-order valence-corrected chi connectivity index (χ0v) is 11.2. The van der Waals surface area contributed by atoms with Crippen LogP contribution >= 0.6 is 0 Å².